The van der Waals surface area contributed by atoms with Crippen molar-refractivity contribution >= 4 is 35.6 Å². The number of benzene rings is 1. The van der Waals surface area contributed by atoms with Crippen molar-refractivity contribution in [3.05, 3.63) is 30.3 Å². The Morgan fingerprint density at radius 1 is 1.08 bits per heavy atom. The van der Waals surface area contributed by atoms with Crippen LogP contribution in [-0.2, 0) is 4.74 Å². The summed E-state index contributed by atoms with van der Waals surface area (Å²) in [7, 11) is 1.86. The van der Waals surface area contributed by atoms with E-state index in [4.69, 9.17) is 4.74 Å². The van der Waals surface area contributed by atoms with Gasteiger partial charge in [-0.05, 0) is 25.0 Å². The third-order valence-electron chi connectivity index (χ3n) is 4.30. The normalized spacial score (nSPS) is 15.0. The molecule has 1 saturated heterocycles. The fraction of sp³-hybridized carbons (Fsp3) is 0.632. The maximum atomic E-state index is 5.60. The van der Waals surface area contributed by atoms with E-state index < -0.39 is 0 Å². The van der Waals surface area contributed by atoms with Crippen LogP contribution in [0.25, 0.3) is 0 Å². The second kappa shape index (κ2) is 13.2. The van der Waals surface area contributed by atoms with Gasteiger partial charge in [-0.15, -0.1) is 24.0 Å². The van der Waals surface area contributed by atoms with E-state index in [1.807, 2.05) is 7.05 Å². The summed E-state index contributed by atoms with van der Waals surface area (Å²) in [6.07, 6.45) is 3.37. The third-order valence-corrected chi connectivity index (χ3v) is 4.30. The second-order valence-corrected chi connectivity index (χ2v) is 6.10. The number of nitrogens with one attached hydrogen (secondary N) is 1. The molecule has 1 aliphatic rings. The van der Waals surface area contributed by atoms with Crippen molar-refractivity contribution < 1.29 is 4.74 Å². The number of unbranched alkanes of at least 4 members (excludes halogenated alkanes) is 1. The number of nitrogens with zero attached hydrogens (tertiary/aromatic N) is 3. The first kappa shape index (κ1) is 22.0. The molecular formula is C19H33IN4O. The highest BCUT2D eigenvalue weighted by Gasteiger charge is 2.19. The Morgan fingerprint density at radius 3 is 2.40 bits per heavy atom. The van der Waals surface area contributed by atoms with Gasteiger partial charge in [-0.1, -0.05) is 31.5 Å². The molecule has 6 heteroatoms. The van der Waals surface area contributed by atoms with Gasteiger partial charge in [-0.3, -0.25) is 4.99 Å². The van der Waals surface area contributed by atoms with Crippen LogP contribution in [0.4, 0.5) is 5.69 Å². The molecule has 1 aromatic carbocycles. The summed E-state index contributed by atoms with van der Waals surface area (Å²) in [5, 5.41) is 3.46. The summed E-state index contributed by atoms with van der Waals surface area (Å²) < 4.78 is 5.60. The van der Waals surface area contributed by atoms with Gasteiger partial charge in [0.2, 0.25) is 0 Å². The van der Waals surface area contributed by atoms with Crippen molar-refractivity contribution in [1.29, 1.82) is 0 Å². The molecule has 2 rings (SSSR count). The quantitative estimate of drug-likeness (QED) is 0.280. The summed E-state index contributed by atoms with van der Waals surface area (Å²) in [5.41, 5.74) is 1.31. The summed E-state index contributed by atoms with van der Waals surface area (Å²) in [6, 6.07) is 10.6. The highest BCUT2D eigenvalue weighted by molar-refractivity contribution is 14.0. The first-order valence-corrected chi connectivity index (χ1v) is 9.18. The Hall–Kier alpha value is -1.02. The van der Waals surface area contributed by atoms with Crippen LogP contribution >= 0.6 is 24.0 Å². The van der Waals surface area contributed by atoms with E-state index in [0.717, 1.165) is 64.7 Å². The number of ether oxygens (including phenoxy) is 1. The molecule has 0 bridgehead atoms. The predicted molar refractivity (Wildman–Crippen MR) is 117 cm³/mol. The van der Waals surface area contributed by atoms with Crippen LogP contribution in [0.1, 0.15) is 26.2 Å². The Kier molecular flexibility index (Phi) is 11.6. The predicted octanol–water partition coefficient (Wildman–Crippen LogP) is 3.21. The van der Waals surface area contributed by atoms with E-state index in [1.54, 1.807) is 0 Å². The van der Waals surface area contributed by atoms with E-state index in [-0.39, 0.29) is 24.0 Å². The lowest BCUT2D eigenvalue weighted by Crippen LogP contribution is -2.52. The number of rotatable bonds is 8. The zero-order chi connectivity index (χ0) is 17.0. The molecular weight excluding hydrogens is 427 g/mol. The van der Waals surface area contributed by atoms with E-state index in [1.165, 1.54) is 12.1 Å². The molecule has 0 aromatic heterocycles. The Labute approximate surface area is 169 Å². The Balaban J connectivity index is 0.00000312. The monoisotopic (exact) mass is 460 g/mol. The van der Waals surface area contributed by atoms with Gasteiger partial charge in [0.1, 0.15) is 0 Å². The van der Waals surface area contributed by atoms with Crippen molar-refractivity contribution in [3.8, 4) is 0 Å². The first-order valence-electron chi connectivity index (χ1n) is 9.18. The van der Waals surface area contributed by atoms with Gasteiger partial charge in [0.25, 0.3) is 0 Å². The molecule has 0 amide bonds. The molecule has 0 aliphatic carbocycles. The molecule has 0 radical (unpaired) electrons. The topological polar surface area (TPSA) is 40.1 Å². The van der Waals surface area contributed by atoms with Crippen molar-refractivity contribution in [3.63, 3.8) is 0 Å². The van der Waals surface area contributed by atoms with Gasteiger partial charge in [-0.2, -0.15) is 0 Å². The molecule has 0 atom stereocenters. The lowest BCUT2D eigenvalue weighted by molar-refractivity contribution is 0.129. The van der Waals surface area contributed by atoms with Crippen molar-refractivity contribution in [2.75, 3.05) is 57.9 Å². The number of para-hydroxylation sites is 1. The highest BCUT2D eigenvalue weighted by Crippen LogP contribution is 2.15. The van der Waals surface area contributed by atoms with Gasteiger partial charge < -0.3 is 19.9 Å². The first-order chi connectivity index (χ1) is 11.8. The summed E-state index contributed by atoms with van der Waals surface area (Å²) >= 11 is 0. The van der Waals surface area contributed by atoms with Crippen LogP contribution in [0.5, 0.6) is 0 Å². The molecule has 1 fully saturated rings. The van der Waals surface area contributed by atoms with E-state index in [9.17, 15) is 0 Å². The SMILES string of the molecule is CCCCOCCCNC(=NC)N1CCN(c2ccccc2)CC1.I. The molecule has 0 spiro atoms. The number of hydrogen-bond donors (Lipinski definition) is 1. The smallest absolute Gasteiger partial charge is 0.193 e. The van der Waals surface area contributed by atoms with Crippen molar-refractivity contribution in [2.45, 2.75) is 26.2 Å². The molecule has 0 unspecified atom stereocenters. The molecule has 1 heterocycles. The van der Waals surface area contributed by atoms with Gasteiger partial charge >= 0.3 is 0 Å². The summed E-state index contributed by atoms with van der Waals surface area (Å²) in [5.74, 6) is 1.01. The van der Waals surface area contributed by atoms with Crippen LogP contribution in [0.3, 0.4) is 0 Å². The minimum absolute atomic E-state index is 0. The van der Waals surface area contributed by atoms with Crippen LogP contribution in [-0.4, -0.2) is 63.8 Å². The van der Waals surface area contributed by atoms with Crippen molar-refractivity contribution in [2.24, 2.45) is 4.99 Å². The average Bonchev–Trinajstić information content (AvgIpc) is 2.65. The highest BCUT2D eigenvalue weighted by atomic mass is 127. The van der Waals surface area contributed by atoms with Crippen LogP contribution < -0.4 is 10.2 Å². The fourth-order valence-corrected chi connectivity index (χ4v) is 2.87. The van der Waals surface area contributed by atoms with Crippen molar-refractivity contribution in [1.82, 2.24) is 10.2 Å². The zero-order valence-electron chi connectivity index (χ0n) is 15.6. The number of guanidine groups is 1. The third kappa shape index (κ3) is 7.81. The standard InChI is InChI=1S/C19H32N4O.HI/c1-3-4-16-24-17-8-11-21-19(20-2)23-14-12-22(13-15-23)18-9-6-5-7-10-18;/h5-7,9-10H,3-4,8,11-17H2,1-2H3,(H,20,21);1H. The van der Waals surface area contributed by atoms with Gasteiger partial charge in [0.05, 0.1) is 0 Å². The van der Waals surface area contributed by atoms with E-state index >= 15 is 0 Å². The molecule has 1 aliphatic heterocycles. The second-order valence-electron chi connectivity index (χ2n) is 6.10. The van der Waals surface area contributed by atoms with Gasteiger partial charge in [0.15, 0.2) is 5.96 Å². The Morgan fingerprint density at radius 2 is 1.76 bits per heavy atom. The molecule has 0 saturated carbocycles. The molecule has 1 aromatic rings. The largest absolute Gasteiger partial charge is 0.381 e. The number of aliphatic imine (C=N–C) groups is 1. The number of halogens is 1. The van der Waals surface area contributed by atoms with Gasteiger partial charge in [-0.25, -0.2) is 0 Å². The van der Waals surface area contributed by atoms with E-state index in [0.29, 0.717) is 0 Å². The van der Waals surface area contributed by atoms with Gasteiger partial charge in [0, 0.05) is 58.7 Å². The zero-order valence-corrected chi connectivity index (χ0v) is 17.9. The number of anilines is 1. The number of piperazine rings is 1. The summed E-state index contributed by atoms with van der Waals surface area (Å²) in [4.78, 5) is 9.21. The van der Waals surface area contributed by atoms with E-state index in [2.05, 4.69) is 57.4 Å². The maximum absolute atomic E-state index is 5.60. The lowest BCUT2D eigenvalue weighted by atomic mass is 10.2. The minimum Gasteiger partial charge on any atom is -0.381 e. The molecule has 1 N–H and O–H groups in total. The molecule has 25 heavy (non-hydrogen) atoms. The van der Waals surface area contributed by atoms with Crippen LogP contribution in [0, 0.1) is 0 Å². The molecule has 142 valence electrons. The fourth-order valence-electron chi connectivity index (χ4n) is 2.87. The summed E-state index contributed by atoms with van der Waals surface area (Å²) in [6.45, 7) is 8.88. The maximum Gasteiger partial charge on any atom is 0.193 e. The van der Waals surface area contributed by atoms with Crippen LogP contribution in [0.2, 0.25) is 0 Å². The average molecular weight is 460 g/mol. The Bertz CT molecular complexity index is 476. The van der Waals surface area contributed by atoms with Crippen LogP contribution in [0.15, 0.2) is 35.3 Å². The minimum atomic E-state index is 0. The number of hydrogen-bond acceptors (Lipinski definition) is 3. The lowest BCUT2D eigenvalue weighted by Gasteiger charge is -2.37. The molecule has 5 nitrogen and oxygen atoms in total.